The second-order valence-corrected chi connectivity index (χ2v) is 6.66. The monoisotopic (exact) mass is 353 g/mol. The van der Waals surface area contributed by atoms with Crippen LogP contribution < -0.4 is 0 Å². The number of carbonyl (C=O) groups is 1. The zero-order valence-electron chi connectivity index (χ0n) is 14.6. The Morgan fingerprint density at radius 2 is 1.92 bits per heavy atom. The van der Waals surface area contributed by atoms with Gasteiger partial charge < -0.3 is 4.90 Å². The van der Waals surface area contributed by atoms with Gasteiger partial charge in [0.25, 0.3) is 0 Å². The fourth-order valence-electron chi connectivity index (χ4n) is 2.77. The van der Waals surface area contributed by atoms with Crippen LogP contribution in [0.1, 0.15) is 29.2 Å². The predicted octanol–water partition coefficient (Wildman–Crippen LogP) is 4.45. The number of pyridine rings is 2. The summed E-state index contributed by atoms with van der Waals surface area (Å²) in [7, 11) is 0. The highest BCUT2D eigenvalue weighted by Crippen LogP contribution is 2.25. The maximum Gasteiger partial charge on any atom is 0.220 e. The molecular formula is C20H20ClN3O. The van der Waals surface area contributed by atoms with Crippen molar-refractivity contribution >= 4 is 28.4 Å². The molecule has 25 heavy (non-hydrogen) atoms. The van der Waals surface area contributed by atoms with Crippen molar-refractivity contribution in [1.82, 2.24) is 14.9 Å². The van der Waals surface area contributed by atoms with E-state index in [1.807, 2.05) is 24.3 Å². The summed E-state index contributed by atoms with van der Waals surface area (Å²) in [6.45, 7) is 6.60. The van der Waals surface area contributed by atoms with Crippen molar-refractivity contribution in [3.63, 3.8) is 0 Å². The van der Waals surface area contributed by atoms with Gasteiger partial charge in [-0.3, -0.25) is 9.78 Å². The van der Waals surface area contributed by atoms with Gasteiger partial charge in [0, 0.05) is 43.4 Å². The van der Waals surface area contributed by atoms with Crippen molar-refractivity contribution in [3.05, 3.63) is 70.1 Å². The minimum atomic E-state index is -0.0138. The Morgan fingerprint density at radius 3 is 2.60 bits per heavy atom. The molecular weight excluding hydrogens is 334 g/mol. The van der Waals surface area contributed by atoms with E-state index in [1.165, 1.54) is 11.1 Å². The van der Waals surface area contributed by atoms with E-state index in [2.05, 4.69) is 29.9 Å². The van der Waals surface area contributed by atoms with Gasteiger partial charge in [-0.05, 0) is 54.8 Å². The molecule has 2 heterocycles. The molecule has 0 unspecified atom stereocenters. The molecule has 0 fully saturated rings. The number of aromatic nitrogens is 2. The Kier molecular flexibility index (Phi) is 5.00. The Labute approximate surface area is 152 Å². The van der Waals surface area contributed by atoms with Gasteiger partial charge in [0.2, 0.25) is 5.91 Å². The van der Waals surface area contributed by atoms with Crippen LogP contribution in [0, 0.1) is 13.8 Å². The molecule has 0 aliphatic carbocycles. The molecule has 0 saturated carbocycles. The third-order valence-electron chi connectivity index (χ3n) is 4.36. The third-order valence-corrected chi connectivity index (χ3v) is 4.69. The number of amides is 1. The number of benzene rings is 1. The first kappa shape index (κ1) is 17.4. The summed E-state index contributed by atoms with van der Waals surface area (Å²) in [5, 5.41) is 1.47. The summed E-state index contributed by atoms with van der Waals surface area (Å²) < 4.78 is 0. The lowest BCUT2D eigenvalue weighted by molar-refractivity contribution is -0.130. The predicted molar refractivity (Wildman–Crippen MR) is 100 cm³/mol. The van der Waals surface area contributed by atoms with Crippen LogP contribution in [0.3, 0.4) is 0 Å². The molecule has 0 aliphatic rings. The fraction of sp³-hybridized carbons (Fsp3) is 0.250. The summed E-state index contributed by atoms with van der Waals surface area (Å²) >= 11 is 6.39. The lowest BCUT2D eigenvalue weighted by atomic mass is 10.0. The minimum Gasteiger partial charge on any atom is -0.334 e. The highest BCUT2D eigenvalue weighted by molar-refractivity contribution is 6.30. The fourth-order valence-corrected chi connectivity index (χ4v) is 2.97. The van der Waals surface area contributed by atoms with Gasteiger partial charge in [-0.2, -0.15) is 0 Å². The first-order valence-electron chi connectivity index (χ1n) is 8.15. The van der Waals surface area contributed by atoms with Gasteiger partial charge in [-0.25, -0.2) is 4.98 Å². The van der Waals surface area contributed by atoms with Crippen LogP contribution >= 0.6 is 11.6 Å². The van der Waals surface area contributed by atoms with E-state index in [4.69, 9.17) is 11.6 Å². The molecule has 3 aromatic rings. The van der Waals surface area contributed by atoms with E-state index >= 15 is 0 Å². The van der Waals surface area contributed by atoms with E-state index in [-0.39, 0.29) is 5.91 Å². The van der Waals surface area contributed by atoms with Crippen molar-refractivity contribution in [1.29, 1.82) is 0 Å². The standard InChI is InChI=1S/C20H20ClN3O/c1-13-7-17-9-18(20(21)23-19(17)8-14(13)2)12-24(15(3)25)11-16-5-4-6-22-10-16/h4-10H,11-12H2,1-3H3. The molecule has 0 spiro atoms. The average Bonchev–Trinajstić information content (AvgIpc) is 2.57. The van der Waals surface area contributed by atoms with Gasteiger partial charge in [-0.15, -0.1) is 0 Å². The molecule has 1 aromatic carbocycles. The molecule has 3 rings (SSSR count). The quantitative estimate of drug-likeness (QED) is 0.651. The topological polar surface area (TPSA) is 46.1 Å². The Balaban J connectivity index is 1.92. The highest BCUT2D eigenvalue weighted by atomic mass is 35.5. The van der Waals surface area contributed by atoms with E-state index < -0.39 is 0 Å². The molecule has 2 aromatic heterocycles. The first-order valence-corrected chi connectivity index (χ1v) is 8.52. The van der Waals surface area contributed by atoms with E-state index in [9.17, 15) is 4.79 Å². The number of rotatable bonds is 4. The minimum absolute atomic E-state index is 0.0138. The maximum atomic E-state index is 12.1. The van der Waals surface area contributed by atoms with Crippen LogP contribution in [0.2, 0.25) is 5.15 Å². The number of hydrogen-bond acceptors (Lipinski definition) is 3. The summed E-state index contributed by atoms with van der Waals surface area (Å²) in [5.74, 6) is -0.0138. The largest absolute Gasteiger partial charge is 0.334 e. The van der Waals surface area contributed by atoms with Crippen LogP contribution in [0.4, 0.5) is 0 Å². The zero-order valence-corrected chi connectivity index (χ0v) is 15.3. The molecule has 0 N–H and O–H groups in total. The number of carbonyl (C=O) groups excluding carboxylic acids is 1. The van der Waals surface area contributed by atoms with Crippen molar-refractivity contribution in [2.75, 3.05) is 0 Å². The van der Waals surface area contributed by atoms with E-state index in [0.717, 1.165) is 22.0 Å². The van der Waals surface area contributed by atoms with Gasteiger partial charge in [0.15, 0.2) is 0 Å². The average molecular weight is 354 g/mol. The van der Waals surface area contributed by atoms with Crippen molar-refractivity contribution in [2.45, 2.75) is 33.9 Å². The van der Waals surface area contributed by atoms with E-state index in [1.54, 1.807) is 24.2 Å². The normalized spacial score (nSPS) is 10.9. The summed E-state index contributed by atoms with van der Waals surface area (Å²) in [4.78, 5) is 22.4. The molecule has 0 saturated heterocycles. The third kappa shape index (κ3) is 3.97. The first-order chi connectivity index (χ1) is 11.9. The molecule has 0 aliphatic heterocycles. The van der Waals surface area contributed by atoms with Crippen LogP contribution in [0.25, 0.3) is 10.9 Å². The van der Waals surface area contributed by atoms with Crippen molar-refractivity contribution in [3.8, 4) is 0 Å². The maximum absolute atomic E-state index is 12.1. The van der Waals surface area contributed by atoms with Gasteiger partial charge in [0.05, 0.1) is 5.52 Å². The molecule has 0 radical (unpaired) electrons. The Bertz CT molecular complexity index is 925. The second kappa shape index (κ2) is 7.19. The molecule has 0 atom stereocenters. The second-order valence-electron chi connectivity index (χ2n) is 6.30. The Morgan fingerprint density at radius 1 is 1.16 bits per heavy atom. The van der Waals surface area contributed by atoms with Gasteiger partial charge >= 0.3 is 0 Å². The van der Waals surface area contributed by atoms with Crippen LogP contribution in [0.5, 0.6) is 0 Å². The number of fused-ring (bicyclic) bond motifs is 1. The van der Waals surface area contributed by atoms with Crippen molar-refractivity contribution in [2.24, 2.45) is 0 Å². The van der Waals surface area contributed by atoms with Gasteiger partial charge in [-0.1, -0.05) is 17.7 Å². The smallest absolute Gasteiger partial charge is 0.220 e. The zero-order chi connectivity index (χ0) is 18.0. The molecule has 4 nitrogen and oxygen atoms in total. The lowest BCUT2D eigenvalue weighted by Crippen LogP contribution is -2.28. The van der Waals surface area contributed by atoms with Crippen LogP contribution in [-0.2, 0) is 17.9 Å². The SMILES string of the molecule is CC(=O)N(Cc1cccnc1)Cc1cc2cc(C)c(C)cc2nc1Cl. The summed E-state index contributed by atoms with van der Waals surface area (Å²) in [6, 6.07) is 9.99. The molecule has 0 bridgehead atoms. The lowest BCUT2D eigenvalue weighted by Gasteiger charge is -2.22. The van der Waals surface area contributed by atoms with Crippen LogP contribution in [0.15, 0.2) is 42.7 Å². The van der Waals surface area contributed by atoms with Crippen molar-refractivity contribution < 1.29 is 4.79 Å². The number of halogens is 1. The number of hydrogen-bond donors (Lipinski definition) is 0. The summed E-state index contributed by atoms with van der Waals surface area (Å²) in [5.41, 5.74) is 5.09. The van der Waals surface area contributed by atoms with E-state index in [0.29, 0.717) is 18.2 Å². The molecule has 128 valence electrons. The number of nitrogens with zero attached hydrogens (tertiary/aromatic N) is 3. The summed E-state index contributed by atoms with van der Waals surface area (Å²) in [6.07, 6.45) is 3.48. The van der Waals surface area contributed by atoms with Crippen LogP contribution in [-0.4, -0.2) is 20.8 Å². The van der Waals surface area contributed by atoms with Gasteiger partial charge in [0.1, 0.15) is 5.15 Å². The highest BCUT2D eigenvalue weighted by Gasteiger charge is 2.14. The Hall–Kier alpha value is -2.46. The number of aryl methyl sites for hydroxylation is 2. The molecule has 5 heteroatoms. The molecule has 1 amide bonds.